The Morgan fingerprint density at radius 1 is 1.15 bits per heavy atom. The maximum atomic E-state index is 11.1. The summed E-state index contributed by atoms with van der Waals surface area (Å²) in [6.45, 7) is 13.2. The minimum absolute atomic E-state index is 0.196. The van der Waals surface area contributed by atoms with E-state index in [9.17, 15) is 9.90 Å². The van der Waals surface area contributed by atoms with E-state index in [1.54, 1.807) is 4.68 Å². The van der Waals surface area contributed by atoms with Crippen LogP contribution in [-0.2, 0) is 26.8 Å². The Kier molecular flexibility index (Phi) is 4.70. The predicted molar refractivity (Wildman–Crippen MR) is 103 cm³/mol. The Balaban J connectivity index is 1.98. The summed E-state index contributed by atoms with van der Waals surface area (Å²) in [5.74, 6) is 0.355. The quantitative estimate of drug-likeness (QED) is 0.809. The smallest absolute Gasteiger partial charge is 0.507 e. The number of ether oxygens (including phenoxy) is 2. The minimum atomic E-state index is -0.629. The largest absolute Gasteiger partial charge is 0.508 e. The molecular formula is C21H28N2O4. The van der Waals surface area contributed by atoms with E-state index in [-0.39, 0.29) is 23.5 Å². The van der Waals surface area contributed by atoms with Crippen LogP contribution in [0.2, 0.25) is 0 Å². The first kappa shape index (κ1) is 19.3. The van der Waals surface area contributed by atoms with E-state index >= 15 is 0 Å². The summed E-state index contributed by atoms with van der Waals surface area (Å²) in [6, 6.07) is 5.95. The Morgan fingerprint density at radius 3 is 2.22 bits per heavy atom. The highest BCUT2D eigenvalue weighted by molar-refractivity contribution is 5.66. The maximum Gasteiger partial charge on any atom is 0.508 e. The molecule has 1 unspecified atom stereocenters. The van der Waals surface area contributed by atoms with Crippen molar-refractivity contribution in [2.75, 3.05) is 6.61 Å². The fourth-order valence-electron chi connectivity index (χ4n) is 3.21. The Morgan fingerprint density at radius 2 is 1.74 bits per heavy atom. The number of carbonyl (C=O) groups excluding carboxylic acids is 1. The first-order chi connectivity index (χ1) is 12.4. The van der Waals surface area contributed by atoms with E-state index < -0.39 is 6.16 Å². The van der Waals surface area contributed by atoms with Crippen LogP contribution in [0.5, 0.6) is 5.75 Å². The molecule has 1 atom stereocenters. The molecule has 1 N–H and O–H groups in total. The Bertz CT molecular complexity index is 821. The first-order valence-electron chi connectivity index (χ1n) is 9.20. The number of hydrogen-bond acceptors (Lipinski definition) is 5. The molecule has 0 saturated carbocycles. The molecule has 1 saturated heterocycles. The number of benzene rings is 1. The number of hydrogen-bond donors (Lipinski definition) is 1. The van der Waals surface area contributed by atoms with Crippen molar-refractivity contribution in [2.45, 2.75) is 65.0 Å². The third-order valence-electron chi connectivity index (χ3n) is 4.70. The highest BCUT2D eigenvalue weighted by Gasteiger charge is 2.28. The summed E-state index contributed by atoms with van der Waals surface area (Å²) < 4.78 is 11.6. The molecule has 0 aliphatic carbocycles. The number of nitrogens with zero attached hydrogens (tertiary/aromatic N) is 2. The second-order valence-electron chi connectivity index (χ2n) is 9.14. The Hall–Kier alpha value is -2.50. The highest BCUT2D eigenvalue weighted by Crippen LogP contribution is 2.41. The van der Waals surface area contributed by atoms with E-state index in [4.69, 9.17) is 9.47 Å². The van der Waals surface area contributed by atoms with Crippen LogP contribution in [0.1, 0.15) is 52.7 Å². The number of phenols is 1. The van der Waals surface area contributed by atoms with E-state index in [1.165, 1.54) is 0 Å². The van der Waals surface area contributed by atoms with Gasteiger partial charge in [0, 0.05) is 22.9 Å². The van der Waals surface area contributed by atoms with Crippen LogP contribution in [0.4, 0.5) is 4.79 Å². The molecule has 0 radical (unpaired) electrons. The van der Waals surface area contributed by atoms with Crippen molar-refractivity contribution < 1.29 is 19.4 Å². The summed E-state index contributed by atoms with van der Waals surface area (Å²) in [4.78, 5) is 11.1. The van der Waals surface area contributed by atoms with Gasteiger partial charge in [-0.2, -0.15) is 5.10 Å². The van der Waals surface area contributed by atoms with Crippen LogP contribution in [0.25, 0.3) is 11.3 Å². The van der Waals surface area contributed by atoms with Crippen molar-refractivity contribution >= 4 is 6.16 Å². The lowest BCUT2D eigenvalue weighted by Gasteiger charge is -2.28. The van der Waals surface area contributed by atoms with Crippen LogP contribution in [-0.4, -0.2) is 33.8 Å². The van der Waals surface area contributed by atoms with Gasteiger partial charge < -0.3 is 14.6 Å². The van der Waals surface area contributed by atoms with Gasteiger partial charge in [-0.3, -0.25) is 4.68 Å². The molecule has 6 heteroatoms. The van der Waals surface area contributed by atoms with Gasteiger partial charge in [-0.25, -0.2) is 4.79 Å². The molecule has 0 spiro atoms. The molecule has 27 heavy (non-hydrogen) atoms. The first-order valence-corrected chi connectivity index (χ1v) is 9.20. The molecule has 1 aromatic heterocycles. The fraction of sp³-hybridized carbons (Fsp3) is 0.524. The second-order valence-corrected chi connectivity index (χ2v) is 9.14. The Labute approximate surface area is 160 Å². The van der Waals surface area contributed by atoms with Crippen molar-refractivity contribution in [1.82, 2.24) is 9.78 Å². The summed E-state index contributed by atoms with van der Waals surface area (Å²) >= 11 is 0. The minimum Gasteiger partial charge on any atom is -0.507 e. The van der Waals surface area contributed by atoms with Crippen LogP contribution < -0.4 is 0 Å². The fourth-order valence-corrected chi connectivity index (χ4v) is 3.21. The molecule has 0 bridgehead atoms. The predicted octanol–water partition coefficient (Wildman–Crippen LogP) is 4.39. The van der Waals surface area contributed by atoms with Crippen molar-refractivity contribution in [2.24, 2.45) is 0 Å². The summed E-state index contributed by atoms with van der Waals surface area (Å²) in [7, 11) is 0. The average molecular weight is 372 g/mol. The standard InChI is InChI=1S/C21H28N2O4/c1-20(2,3)15-9-13(10-16(18(15)24)21(4,5)6)17-7-8-23(22-17)11-14-12-26-19(25)27-14/h7-10,14,24H,11-12H2,1-6H3. The summed E-state index contributed by atoms with van der Waals surface area (Å²) in [5, 5.41) is 15.5. The van der Waals surface area contributed by atoms with Crippen molar-refractivity contribution in [3.63, 3.8) is 0 Å². The van der Waals surface area contributed by atoms with E-state index in [2.05, 4.69) is 46.6 Å². The van der Waals surface area contributed by atoms with Crippen molar-refractivity contribution in [3.8, 4) is 17.0 Å². The number of phenolic OH excluding ortho intramolecular Hbond substituents is 1. The maximum absolute atomic E-state index is 11.1. The molecule has 3 rings (SSSR count). The molecule has 0 amide bonds. The second kappa shape index (κ2) is 6.59. The normalized spacial score (nSPS) is 17.7. The van der Waals surface area contributed by atoms with Crippen LogP contribution in [0.3, 0.4) is 0 Å². The third-order valence-corrected chi connectivity index (χ3v) is 4.70. The van der Waals surface area contributed by atoms with Crippen molar-refractivity contribution in [1.29, 1.82) is 0 Å². The number of cyclic esters (lactones) is 2. The van der Waals surface area contributed by atoms with E-state index in [0.717, 1.165) is 22.4 Å². The molecule has 6 nitrogen and oxygen atoms in total. The van der Waals surface area contributed by atoms with Gasteiger partial charge in [0.2, 0.25) is 0 Å². The topological polar surface area (TPSA) is 73.6 Å². The number of carbonyl (C=O) groups is 1. The molecule has 2 aromatic rings. The van der Waals surface area contributed by atoms with Crippen LogP contribution in [0, 0.1) is 0 Å². The number of rotatable bonds is 3. The van der Waals surface area contributed by atoms with Gasteiger partial charge in [0.25, 0.3) is 0 Å². The zero-order valence-corrected chi connectivity index (χ0v) is 16.9. The number of aromatic nitrogens is 2. The third kappa shape index (κ3) is 4.10. The van der Waals surface area contributed by atoms with E-state index in [1.807, 2.05) is 24.4 Å². The molecule has 1 fully saturated rings. The lowest BCUT2D eigenvalue weighted by Crippen LogP contribution is -2.19. The van der Waals surface area contributed by atoms with Gasteiger partial charge >= 0.3 is 6.16 Å². The zero-order valence-electron chi connectivity index (χ0n) is 16.9. The SMILES string of the molecule is CC(C)(C)c1cc(-c2ccn(CC3COC(=O)O3)n2)cc(C(C)(C)C)c1O. The van der Waals surface area contributed by atoms with Gasteiger partial charge in [-0.15, -0.1) is 0 Å². The summed E-state index contributed by atoms with van der Waals surface area (Å²) in [5.41, 5.74) is 3.18. The van der Waals surface area contributed by atoms with Gasteiger partial charge in [-0.05, 0) is 29.0 Å². The molecule has 1 aromatic carbocycles. The molecule has 146 valence electrons. The van der Waals surface area contributed by atoms with Gasteiger partial charge in [-0.1, -0.05) is 41.5 Å². The molecule has 2 heterocycles. The van der Waals surface area contributed by atoms with Crippen LogP contribution in [0.15, 0.2) is 24.4 Å². The van der Waals surface area contributed by atoms with Gasteiger partial charge in [0.1, 0.15) is 12.4 Å². The zero-order chi connectivity index (χ0) is 20.0. The van der Waals surface area contributed by atoms with E-state index in [0.29, 0.717) is 12.3 Å². The summed E-state index contributed by atoms with van der Waals surface area (Å²) in [6.07, 6.45) is 0.915. The molecule has 1 aliphatic heterocycles. The van der Waals surface area contributed by atoms with Crippen LogP contribution >= 0.6 is 0 Å². The van der Waals surface area contributed by atoms with Gasteiger partial charge in [0.15, 0.2) is 6.10 Å². The molecular weight excluding hydrogens is 344 g/mol. The number of aromatic hydroxyl groups is 1. The lowest BCUT2D eigenvalue weighted by molar-refractivity contribution is 0.113. The highest BCUT2D eigenvalue weighted by atomic mass is 16.8. The lowest BCUT2D eigenvalue weighted by atomic mass is 9.78. The van der Waals surface area contributed by atoms with Crippen molar-refractivity contribution in [3.05, 3.63) is 35.5 Å². The molecule has 1 aliphatic rings. The average Bonchev–Trinajstić information content (AvgIpc) is 3.15. The monoisotopic (exact) mass is 372 g/mol. The van der Waals surface area contributed by atoms with Gasteiger partial charge in [0.05, 0.1) is 12.2 Å².